The van der Waals surface area contributed by atoms with Crippen LogP contribution in [0.3, 0.4) is 0 Å². The summed E-state index contributed by atoms with van der Waals surface area (Å²) in [4.78, 5) is 0. The molecule has 0 spiro atoms. The Balaban J connectivity index is 1.64. The molecule has 1 aliphatic rings. The number of aromatic nitrogens is 2. The van der Waals surface area contributed by atoms with Crippen molar-refractivity contribution >= 4 is 22.9 Å². The second-order valence-corrected chi connectivity index (χ2v) is 6.55. The minimum absolute atomic E-state index is 0.169. The quantitative estimate of drug-likeness (QED) is 0.905. The molecular weight excluding hydrogens is 297 g/mol. The van der Waals surface area contributed by atoms with Crippen molar-refractivity contribution in [1.29, 1.82) is 0 Å². The number of rotatable bonds is 5. The van der Waals surface area contributed by atoms with Crippen molar-refractivity contribution in [3.8, 4) is 0 Å². The first kappa shape index (κ1) is 13.9. The molecule has 1 heterocycles. The zero-order valence-corrected chi connectivity index (χ0v) is 12.6. The molecule has 106 valence electrons. The normalized spacial score (nSPS) is 16.4. The summed E-state index contributed by atoms with van der Waals surface area (Å²) in [7, 11) is 0. The average molecular weight is 312 g/mol. The van der Waals surface area contributed by atoms with Crippen molar-refractivity contribution in [1.82, 2.24) is 15.5 Å². The van der Waals surface area contributed by atoms with Crippen LogP contribution in [-0.2, 0) is 6.54 Å². The summed E-state index contributed by atoms with van der Waals surface area (Å²) in [5.41, 5.74) is 0.501. The Labute approximate surface area is 126 Å². The van der Waals surface area contributed by atoms with Crippen molar-refractivity contribution < 1.29 is 4.39 Å². The summed E-state index contributed by atoms with van der Waals surface area (Å²) in [6.45, 7) is 2.48. The first-order valence-electron chi connectivity index (χ1n) is 6.64. The first-order valence-corrected chi connectivity index (χ1v) is 7.84. The highest BCUT2D eigenvalue weighted by atomic mass is 35.5. The third kappa shape index (κ3) is 3.00. The molecule has 2 aromatic rings. The van der Waals surface area contributed by atoms with Gasteiger partial charge in [-0.15, -0.1) is 10.2 Å². The molecule has 1 aromatic heterocycles. The third-order valence-electron chi connectivity index (χ3n) is 3.40. The van der Waals surface area contributed by atoms with Gasteiger partial charge >= 0.3 is 0 Å². The van der Waals surface area contributed by atoms with Crippen LogP contribution >= 0.6 is 22.9 Å². The minimum atomic E-state index is -0.284. The van der Waals surface area contributed by atoms with E-state index >= 15 is 0 Å². The Hall–Kier alpha value is -1.04. The molecule has 0 radical (unpaired) electrons. The lowest BCUT2D eigenvalue weighted by Gasteiger charge is -2.15. The van der Waals surface area contributed by atoms with Gasteiger partial charge in [-0.2, -0.15) is 0 Å². The first-order chi connectivity index (χ1) is 9.65. The molecule has 0 saturated heterocycles. The summed E-state index contributed by atoms with van der Waals surface area (Å²) < 4.78 is 13.8. The molecule has 1 atom stereocenters. The van der Waals surface area contributed by atoms with Crippen molar-refractivity contribution in [3.63, 3.8) is 0 Å². The van der Waals surface area contributed by atoms with Gasteiger partial charge in [-0.3, -0.25) is 0 Å². The van der Waals surface area contributed by atoms with E-state index in [-0.39, 0.29) is 11.9 Å². The van der Waals surface area contributed by atoms with Gasteiger partial charge in [0.1, 0.15) is 15.8 Å². The van der Waals surface area contributed by atoms with Crippen LogP contribution in [0.25, 0.3) is 0 Å². The zero-order chi connectivity index (χ0) is 14.1. The lowest BCUT2D eigenvalue weighted by atomic mass is 10.1. The maximum absolute atomic E-state index is 13.8. The van der Waals surface area contributed by atoms with E-state index in [0.717, 1.165) is 10.0 Å². The number of hydrogen-bond acceptors (Lipinski definition) is 4. The van der Waals surface area contributed by atoms with Crippen molar-refractivity contribution in [2.24, 2.45) is 0 Å². The predicted molar refractivity (Wildman–Crippen MR) is 78.5 cm³/mol. The minimum Gasteiger partial charge on any atom is -0.304 e. The van der Waals surface area contributed by atoms with Gasteiger partial charge in [-0.1, -0.05) is 29.0 Å². The van der Waals surface area contributed by atoms with Gasteiger partial charge in [0, 0.05) is 22.5 Å². The Morgan fingerprint density at radius 3 is 2.95 bits per heavy atom. The molecule has 20 heavy (non-hydrogen) atoms. The van der Waals surface area contributed by atoms with Crippen molar-refractivity contribution in [3.05, 3.63) is 44.6 Å². The number of benzene rings is 1. The molecule has 0 bridgehead atoms. The van der Waals surface area contributed by atoms with Gasteiger partial charge in [-0.25, -0.2) is 4.39 Å². The van der Waals surface area contributed by atoms with Gasteiger partial charge in [0.15, 0.2) is 0 Å². The Morgan fingerprint density at radius 2 is 2.25 bits per heavy atom. The zero-order valence-electron chi connectivity index (χ0n) is 11.1. The van der Waals surface area contributed by atoms with Gasteiger partial charge in [0.2, 0.25) is 0 Å². The molecule has 3 rings (SSSR count). The van der Waals surface area contributed by atoms with Gasteiger partial charge in [0.25, 0.3) is 0 Å². The van der Waals surface area contributed by atoms with Crippen LogP contribution < -0.4 is 5.32 Å². The van der Waals surface area contributed by atoms with Crippen LogP contribution in [0.1, 0.15) is 47.3 Å². The highest BCUT2D eigenvalue weighted by molar-refractivity contribution is 7.11. The average Bonchev–Trinajstić information content (AvgIpc) is 3.16. The molecule has 0 unspecified atom stereocenters. The number of hydrogen-bond donors (Lipinski definition) is 1. The van der Waals surface area contributed by atoms with E-state index in [2.05, 4.69) is 15.5 Å². The fourth-order valence-corrected chi connectivity index (χ4v) is 3.39. The van der Waals surface area contributed by atoms with Crippen LogP contribution in [0.2, 0.25) is 5.02 Å². The molecule has 1 N–H and O–H groups in total. The fourth-order valence-electron chi connectivity index (χ4n) is 2.10. The van der Waals surface area contributed by atoms with Gasteiger partial charge in [-0.05, 0) is 31.9 Å². The second-order valence-electron chi connectivity index (χ2n) is 5.05. The van der Waals surface area contributed by atoms with Crippen LogP contribution in [-0.4, -0.2) is 10.2 Å². The maximum Gasteiger partial charge on any atom is 0.131 e. The van der Waals surface area contributed by atoms with E-state index in [1.54, 1.807) is 23.5 Å². The molecule has 1 aromatic carbocycles. The van der Waals surface area contributed by atoms with Crippen LogP contribution in [0.4, 0.5) is 4.39 Å². The third-order valence-corrected chi connectivity index (χ3v) is 4.82. The summed E-state index contributed by atoms with van der Waals surface area (Å²) in [6.07, 6.45) is 2.45. The van der Waals surface area contributed by atoms with Gasteiger partial charge in [0.05, 0.1) is 6.54 Å². The monoisotopic (exact) mass is 311 g/mol. The molecule has 1 fully saturated rings. The molecule has 3 nitrogen and oxygen atoms in total. The Kier molecular flexibility index (Phi) is 4.01. The topological polar surface area (TPSA) is 37.8 Å². The van der Waals surface area contributed by atoms with E-state index < -0.39 is 0 Å². The van der Waals surface area contributed by atoms with E-state index in [0.29, 0.717) is 23.0 Å². The number of nitrogens with one attached hydrogen (secondary N) is 1. The fraction of sp³-hybridized carbons (Fsp3) is 0.429. The summed E-state index contributed by atoms with van der Waals surface area (Å²) in [5, 5.41) is 14.1. The predicted octanol–water partition coefficient (Wildman–Crippen LogP) is 4.06. The summed E-state index contributed by atoms with van der Waals surface area (Å²) in [6, 6.07) is 4.57. The summed E-state index contributed by atoms with van der Waals surface area (Å²) in [5.74, 6) is 0.341. The highest BCUT2D eigenvalue weighted by Crippen LogP contribution is 2.41. The van der Waals surface area contributed by atoms with Crippen molar-refractivity contribution in [2.45, 2.75) is 38.3 Å². The SMILES string of the molecule is C[C@H](NCc1nnc(C2CC2)s1)c1c(F)cccc1Cl. The van der Waals surface area contributed by atoms with Crippen LogP contribution in [0, 0.1) is 5.82 Å². The Morgan fingerprint density at radius 1 is 1.45 bits per heavy atom. The van der Waals surface area contributed by atoms with E-state index in [1.165, 1.54) is 18.9 Å². The lowest BCUT2D eigenvalue weighted by molar-refractivity contribution is 0.526. The van der Waals surface area contributed by atoms with Crippen molar-refractivity contribution in [2.75, 3.05) is 0 Å². The molecule has 6 heteroatoms. The maximum atomic E-state index is 13.8. The highest BCUT2D eigenvalue weighted by Gasteiger charge is 2.27. The van der Waals surface area contributed by atoms with E-state index in [1.807, 2.05) is 6.92 Å². The largest absolute Gasteiger partial charge is 0.304 e. The van der Waals surface area contributed by atoms with Gasteiger partial charge < -0.3 is 5.32 Å². The standard InChI is InChI=1S/C14H15ClFN3S/c1-8(13-10(15)3-2-4-11(13)16)17-7-12-18-19-14(20-12)9-5-6-9/h2-4,8-9,17H,5-7H2,1H3/t8-/m0/s1. The molecule has 1 saturated carbocycles. The van der Waals surface area contributed by atoms with Crippen LogP contribution in [0.5, 0.6) is 0 Å². The molecule has 1 aliphatic carbocycles. The Bertz CT molecular complexity index is 592. The lowest BCUT2D eigenvalue weighted by Crippen LogP contribution is -2.19. The second kappa shape index (κ2) is 5.76. The number of nitrogens with zero attached hydrogens (tertiary/aromatic N) is 2. The smallest absolute Gasteiger partial charge is 0.131 e. The molecule has 0 amide bonds. The van der Waals surface area contributed by atoms with Crippen LogP contribution in [0.15, 0.2) is 18.2 Å². The molecule has 0 aliphatic heterocycles. The summed E-state index contributed by atoms with van der Waals surface area (Å²) >= 11 is 7.69. The van der Waals surface area contributed by atoms with E-state index in [4.69, 9.17) is 11.6 Å². The number of halogens is 2. The van der Waals surface area contributed by atoms with E-state index in [9.17, 15) is 4.39 Å². The molecular formula is C14H15ClFN3S.